The second-order valence-corrected chi connectivity index (χ2v) is 7.21. The number of methoxy groups -OCH3 is 2. The largest absolute Gasteiger partial charge is 0.493 e. The minimum absolute atomic E-state index is 0.148. The normalized spacial score (nSPS) is 15.8. The Morgan fingerprint density at radius 2 is 1.78 bits per heavy atom. The van der Waals surface area contributed by atoms with Crippen LogP contribution >= 0.6 is 11.6 Å². The molecule has 0 bridgehead atoms. The monoisotopic (exact) mass is 388 g/mol. The Hall–Kier alpha value is -2.40. The van der Waals surface area contributed by atoms with E-state index in [1.165, 1.54) is 5.56 Å². The van der Waals surface area contributed by atoms with E-state index in [9.17, 15) is 4.79 Å². The average molecular weight is 389 g/mol. The fourth-order valence-electron chi connectivity index (χ4n) is 3.31. The highest BCUT2D eigenvalue weighted by atomic mass is 35.5. The van der Waals surface area contributed by atoms with Gasteiger partial charge < -0.3 is 19.7 Å². The first-order valence-electron chi connectivity index (χ1n) is 9.00. The number of aryl methyl sites for hydroxylation is 2. The summed E-state index contributed by atoms with van der Waals surface area (Å²) < 4.78 is 10.6. The first-order valence-corrected chi connectivity index (χ1v) is 9.38. The third-order valence-corrected chi connectivity index (χ3v) is 5.42. The number of amides is 1. The van der Waals surface area contributed by atoms with Crippen molar-refractivity contribution in [2.24, 2.45) is 0 Å². The molecule has 1 heterocycles. The van der Waals surface area contributed by atoms with E-state index in [1.807, 2.05) is 6.92 Å². The zero-order valence-electron chi connectivity index (χ0n) is 16.4. The number of carbonyl (C=O) groups excluding carboxylic acids is 1. The molecule has 6 heteroatoms. The van der Waals surface area contributed by atoms with E-state index >= 15 is 0 Å². The van der Waals surface area contributed by atoms with Crippen LogP contribution in [0.4, 0.5) is 11.4 Å². The standard InChI is InChI=1S/C21H25ClN2O3/c1-6-14-11-24(18-8-13(3)12(2)7-17(18)23-14)21(25)15-9-19(26-4)20(27-5)10-16(15)22/h7-10,14,23H,6,11H2,1-5H3. The van der Waals surface area contributed by atoms with Gasteiger partial charge in [-0.05, 0) is 49.6 Å². The van der Waals surface area contributed by atoms with E-state index in [0.29, 0.717) is 28.6 Å². The molecule has 1 unspecified atom stereocenters. The number of ether oxygens (including phenoxy) is 2. The maximum absolute atomic E-state index is 13.4. The summed E-state index contributed by atoms with van der Waals surface area (Å²) in [6.07, 6.45) is 0.913. The van der Waals surface area contributed by atoms with Gasteiger partial charge in [0.2, 0.25) is 0 Å². The molecule has 0 spiro atoms. The molecule has 1 aliphatic heterocycles. The number of nitrogens with zero attached hydrogens (tertiary/aromatic N) is 1. The van der Waals surface area contributed by atoms with Gasteiger partial charge in [0.1, 0.15) is 0 Å². The number of benzene rings is 2. The van der Waals surface area contributed by atoms with Crippen LogP contribution in [-0.4, -0.2) is 32.7 Å². The van der Waals surface area contributed by atoms with Gasteiger partial charge in [0.05, 0.1) is 36.2 Å². The summed E-state index contributed by atoms with van der Waals surface area (Å²) in [6.45, 7) is 6.81. The highest BCUT2D eigenvalue weighted by Gasteiger charge is 2.30. The van der Waals surface area contributed by atoms with E-state index in [2.05, 4.69) is 31.3 Å². The van der Waals surface area contributed by atoms with Gasteiger partial charge in [-0.15, -0.1) is 0 Å². The van der Waals surface area contributed by atoms with Crippen molar-refractivity contribution in [3.05, 3.63) is 46.0 Å². The van der Waals surface area contributed by atoms with Crippen LogP contribution in [-0.2, 0) is 0 Å². The van der Waals surface area contributed by atoms with E-state index < -0.39 is 0 Å². The van der Waals surface area contributed by atoms with E-state index in [4.69, 9.17) is 21.1 Å². The van der Waals surface area contributed by atoms with Crippen molar-refractivity contribution in [3.63, 3.8) is 0 Å². The Morgan fingerprint density at radius 1 is 1.15 bits per heavy atom. The van der Waals surface area contributed by atoms with Gasteiger partial charge in [-0.3, -0.25) is 4.79 Å². The Morgan fingerprint density at radius 3 is 2.41 bits per heavy atom. The SMILES string of the molecule is CCC1CN(C(=O)c2cc(OC)c(OC)cc2Cl)c2cc(C)c(C)cc2N1. The molecule has 1 amide bonds. The van der Waals surface area contributed by atoms with Gasteiger partial charge in [0.25, 0.3) is 5.91 Å². The highest BCUT2D eigenvalue weighted by Crippen LogP contribution is 2.38. The second-order valence-electron chi connectivity index (χ2n) is 6.81. The number of halogens is 1. The van der Waals surface area contributed by atoms with Crippen LogP contribution in [0.5, 0.6) is 11.5 Å². The van der Waals surface area contributed by atoms with Crippen LogP contribution in [0.3, 0.4) is 0 Å². The molecule has 0 aliphatic carbocycles. The average Bonchev–Trinajstić information content (AvgIpc) is 2.67. The zero-order valence-corrected chi connectivity index (χ0v) is 17.1. The van der Waals surface area contributed by atoms with Crippen molar-refractivity contribution < 1.29 is 14.3 Å². The number of hydrogen-bond acceptors (Lipinski definition) is 4. The number of nitrogens with one attached hydrogen (secondary N) is 1. The summed E-state index contributed by atoms with van der Waals surface area (Å²) in [4.78, 5) is 15.2. The molecule has 2 aromatic rings. The molecule has 1 N–H and O–H groups in total. The van der Waals surface area contributed by atoms with Gasteiger partial charge in [0.15, 0.2) is 11.5 Å². The molecule has 5 nitrogen and oxygen atoms in total. The first kappa shape index (κ1) is 19.4. The van der Waals surface area contributed by atoms with Gasteiger partial charge in [-0.1, -0.05) is 18.5 Å². The smallest absolute Gasteiger partial charge is 0.260 e. The highest BCUT2D eigenvalue weighted by molar-refractivity contribution is 6.35. The Balaban J connectivity index is 2.08. The molecule has 1 aliphatic rings. The predicted octanol–water partition coefficient (Wildman–Crippen LogP) is 4.82. The molecule has 0 fully saturated rings. The van der Waals surface area contributed by atoms with Gasteiger partial charge in [-0.2, -0.15) is 0 Å². The second kappa shape index (κ2) is 7.69. The molecule has 0 radical (unpaired) electrons. The summed E-state index contributed by atoms with van der Waals surface area (Å²) in [7, 11) is 3.08. The lowest BCUT2D eigenvalue weighted by Crippen LogP contribution is -2.44. The summed E-state index contributed by atoms with van der Waals surface area (Å²) in [6, 6.07) is 7.60. The zero-order chi connectivity index (χ0) is 19.7. The molecule has 1 atom stereocenters. The number of fused-ring (bicyclic) bond motifs is 1. The maximum atomic E-state index is 13.4. The summed E-state index contributed by atoms with van der Waals surface area (Å²) in [5.74, 6) is 0.829. The molecular formula is C21H25ClN2O3. The van der Waals surface area contributed by atoms with Gasteiger partial charge in [-0.25, -0.2) is 0 Å². The maximum Gasteiger partial charge on any atom is 0.260 e. The first-order chi connectivity index (χ1) is 12.9. The quantitative estimate of drug-likeness (QED) is 0.815. The summed E-state index contributed by atoms with van der Waals surface area (Å²) in [5.41, 5.74) is 4.58. The van der Waals surface area contributed by atoms with Crippen LogP contribution < -0.4 is 19.7 Å². The third-order valence-electron chi connectivity index (χ3n) is 5.11. The molecule has 27 heavy (non-hydrogen) atoms. The Bertz CT molecular complexity index is 882. The Kier molecular flexibility index (Phi) is 5.51. The lowest BCUT2D eigenvalue weighted by Gasteiger charge is -2.36. The van der Waals surface area contributed by atoms with E-state index in [0.717, 1.165) is 23.4 Å². The van der Waals surface area contributed by atoms with Crippen LogP contribution in [0.2, 0.25) is 5.02 Å². The molecule has 2 aromatic carbocycles. The third kappa shape index (κ3) is 3.56. The molecule has 3 rings (SSSR count). The van der Waals surface area contributed by atoms with Crippen molar-refractivity contribution in [2.45, 2.75) is 33.2 Å². The van der Waals surface area contributed by atoms with Crippen molar-refractivity contribution >= 4 is 28.9 Å². The lowest BCUT2D eigenvalue weighted by atomic mass is 10.0. The van der Waals surface area contributed by atoms with Crippen LogP contribution in [0.1, 0.15) is 34.8 Å². The van der Waals surface area contributed by atoms with Crippen molar-refractivity contribution in [1.82, 2.24) is 0 Å². The van der Waals surface area contributed by atoms with Gasteiger partial charge >= 0.3 is 0 Å². The Labute approximate surface area is 165 Å². The minimum Gasteiger partial charge on any atom is -0.493 e. The predicted molar refractivity (Wildman–Crippen MR) is 110 cm³/mol. The minimum atomic E-state index is -0.148. The fraction of sp³-hybridized carbons (Fsp3) is 0.381. The summed E-state index contributed by atoms with van der Waals surface area (Å²) >= 11 is 6.41. The topological polar surface area (TPSA) is 50.8 Å². The van der Waals surface area contributed by atoms with Gasteiger partial charge in [0, 0.05) is 18.7 Å². The van der Waals surface area contributed by atoms with E-state index in [1.54, 1.807) is 31.3 Å². The number of carbonyl (C=O) groups is 1. The molecule has 0 aromatic heterocycles. The van der Waals surface area contributed by atoms with Crippen molar-refractivity contribution in [1.29, 1.82) is 0 Å². The molecule has 0 saturated heterocycles. The molecule has 144 valence electrons. The number of anilines is 2. The fourth-order valence-corrected chi connectivity index (χ4v) is 3.55. The van der Waals surface area contributed by atoms with Crippen LogP contribution in [0.15, 0.2) is 24.3 Å². The van der Waals surface area contributed by atoms with Crippen LogP contribution in [0.25, 0.3) is 0 Å². The molecule has 0 saturated carbocycles. The van der Waals surface area contributed by atoms with Crippen molar-refractivity contribution in [3.8, 4) is 11.5 Å². The van der Waals surface area contributed by atoms with E-state index in [-0.39, 0.29) is 11.9 Å². The van der Waals surface area contributed by atoms with Crippen LogP contribution in [0, 0.1) is 13.8 Å². The number of hydrogen-bond donors (Lipinski definition) is 1. The van der Waals surface area contributed by atoms with Crippen molar-refractivity contribution in [2.75, 3.05) is 31.0 Å². The number of rotatable bonds is 4. The molecular weight excluding hydrogens is 364 g/mol. The lowest BCUT2D eigenvalue weighted by molar-refractivity contribution is 0.0984. The summed E-state index contributed by atoms with van der Waals surface area (Å²) in [5, 5.41) is 3.88.